The number of thioether (sulfide) groups is 2. The molecule has 17 heavy (non-hydrogen) atoms. The summed E-state index contributed by atoms with van der Waals surface area (Å²) in [5.74, 6) is 3.29. The minimum Gasteiger partial charge on any atom is -0.221 e. The van der Waals surface area contributed by atoms with E-state index < -0.39 is 0 Å². The van der Waals surface area contributed by atoms with Crippen molar-refractivity contribution in [3.05, 3.63) is 22.4 Å². The Kier molecular flexibility index (Phi) is 3.52. The Labute approximate surface area is 118 Å². The van der Waals surface area contributed by atoms with Crippen LogP contribution in [-0.2, 0) is 0 Å². The van der Waals surface area contributed by atoms with Crippen LogP contribution in [0.1, 0.15) is 18.0 Å². The first-order valence-electron chi connectivity index (χ1n) is 5.39. The predicted molar refractivity (Wildman–Crippen MR) is 79.5 cm³/mol. The van der Waals surface area contributed by atoms with Crippen molar-refractivity contribution >= 4 is 56.7 Å². The maximum Gasteiger partial charge on any atom is 0.145 e. The quantitative estimate of drug-likeness (QED) is 0.735. The fourth-order valence-corrected chi connectivity index (χ4v) is 5.63. The van der Waals surface area contributed by atoms with Gasteiger partial charge in [0.25, 0.3) is 0 Å². The van der Waals surface area contributed by atoms with Crippen LogP contribution in [-0.4, -0.2) is 26.7 Å². The molecule has 3 rings (SSSR count). The molecule has 90 valence electrons. The summed E-state index contributed by atoms with van der Waals surface area (Å²) in [6.07, 6.45) is 0. The zero-order valence-corrected chi connectivity index (χ0v) is 12.4. The summed E-state index contributed by atoms with van der Waals surface area (Å²) < 4.78 is 0. The van der Waals surface area contributed by atoms with Gasteiger partial charge in [-0.25, -0.2) is 9.97 Å². The topological polar surface area (TPSA) is 25.8 Å². The molecular weight excluding hydrogens is 292 g/mol. The molecular formula is C11H11ClN2S3. The molecule has 0 saturated carbocycles. The van der Waals surface area contributed by atoms with Gasteiger partial charge in [-0.05, 0) is 11.4 Å². The minimum absolute atomic E-state index is 0.373. The van der Waals surface area contributed by atoms with E-state index in [0.29, 0.717) is 15.7 Å². The number of rotatable bonds is 1. The van der Waals surface area contributed by atoms with Crippen LogP contribution in [0.15, 0.2) is 11.4 Å². The van der Waals surface area contributed by atoms with E-state index in [-0.39, 0.29) is 0 Å². The molecule has 2 aromatic rings. The Morgan fingerprint density at radius 2 is 2.12 bits per heavy atom. The highest BCUT2D eigenvalue weighted by Gasteiger charge is 2.27. The van der Waals surface area contributed by atoms with Crippen LogP contribution in [0.25, 0.3) is 10.2 Å². The van der Waals surface area contributed by atoms with Crippen LogP contribution in [0.2, 0.25) is 5.15 Å². The Balaban J connectivity index is 2.04. The van der Waals surface area contributed by atoms with Crippen molar-refractivity contribution in [3.8, 4) is 0 Å². The smallest absolute Gasteiger partial charge is 0.145 e. The van der Waals surface area contributed by atoms with E-state index in [1.54, 1.807) is 11.3 Å². The summed E-state index contributed by atoms with van der Waals surface area (Å²) in [7, 11) is 0. The van der Waals surface area contributed by atoms with E-state index in [4.69, 9.17) is 11.6 Å². The number of aromatic nitrogens is 2. The lowest BCUT2D eigenvalue weighted by atomic mass is 10.3. The second-order valence-corrected chi connectivity index (χ2v) is 7.87. The fraction of sp³-hybridized carbons (Fsp3) is 0.455. The SMILES string of the molecule is CC1SCCSC1c1nc(Cl)c2ccsc2n1. The molecule has 0 radical (unpaired) electrons. The van der Waals surface area contributed by atoms with Crippen LogP contribution in [0, 0.1) is 0 Å². The van der Waals surface area contributed by atoms with E-state index in [9.17, 15) is 0 Å². The van der Waals surface area contributed by atoms with Gasteiger partial charge >= 0.3 is 0 Å². The number of hydrogen-bond acceptors (Lipinski definition) is 5. The van der Waals surface area contributed by atoms with Gasteiger partial charge in [-0.3, -0.25) is 0 Å². The molecule has 0 aromatic carbocycles. The highest BCUT2D eigenvalue weighted by molar-refractivity contribution is 8.06. The summed E-state index contributed by atoms with van der Waals surface area (Å²) in [5.41, 5.74) is 0. The van der Waals surface area contributed by atoms with Crippen LogP contribution in [0.5, 0.6) is 0 Å². The van der Waals surface area contributed by atoms with Gasteiger partial charge in [-0.2, -0.15) is 11.8 Å². The van der Waals surface area contributed by atoms with Crippen LogP contribution in [0.4, 0.5) is 0 Å². The van der Waals surface area contributed by atoms with E-state index in [0.717, 1.165) is 16.0 Å². The van der Waals surface area contributed by atoms with Crippen LogP contribution in [0.3, 0.4) is 0 Å². The van der Waals surface area contributed by atoms with Crippen molar-refractivity contribution in [1.29, 1.82) is 0 Å². The maximum absolute atomic E-state index is 6.21. The summed E-state index contributed by atoms with van der Waals surface area (Å²) in [6.45, 7) is 2.25. The highest BCUT2D eigenvalue weighted by atomic mass is 35.5. The second-order valence-electron chi connectivity index (χ2n) is 3.88. The van der Waals surface area contributed by atoms with Crippen molar-refractivity contribution < 1.29 is 0 Å². The van der Waals surface area contributed by atoms with Crippen molar-refractivity contribution in [3.63, 3.8) is 0 Å². The number of thiophene rings is 1. The third-order valence-corrected chi connectivity index (χ3v) is 6.92. The van der Waals surface area contributed by atoms with E-state index in [1.165, 1.54) is 11.5 Å². The molecule has 2 nitrogen and oxygen atoms in total. The number of hydrogen-bond donors (Lipinski definition) is 0. The zero-order valence-electron chi connectivity index (χ0n) is 9.22. The normalized spacial score (nSPS) is 25.3. The molecule has 0 amide bonds. The molecule has 0 N–H and O–H groups in total. The van der Waals surface area contributed by atoms with Crippen LogP contribution >= 0.6 is 46.5 Å². The molecule has 0 aliphatic carbocycles. The molecule has 1 aliphatic rings. The molecule has 1 aliphatic heterocycles. The molecule has 2 atom stereocenters. The van der Waals surface area contributed by atoms with Gasteiger partial charge in [0, 0.05) is 22.1 Å². The molecule has 1 fully saturated rings. The van der Waals surface area contributed by atoms with Gasteiger partial charge in [-0.15, -0.1) is 23.1 Å². The maximum atomic E-state index is 6.21. The Morgan fingerprint density at radius 1 is 1.29 bits per heavy atom. The summed E-state index contributed by atoms with van der Waals surface area (Å²) in [4.78, 5) is 10.1. The number of fused-ring (bicyclic) bond motifs is 1. The van der Waals surface area contributed by atoms with E-state index >= 15 is 0 Å². The van der Waals surface area contributed by atoms with E-state index in [1.807, 2.05) is 35.0 Å². The average Bonchev–Trinajstić information content (AvgIpc) is 2.78. The molecule has 2 unspecified atom stereocenters. The number of halogens is 1. The van der Waals surface area contributed by atoms with Crippen molar-refractivity contribution in [2.45, 2.75) is 17.4 Å². The van der Waals surface area contributed by atoms with Crippen molar-refractivity contribution in [2.75, 3.05) is 11.5 Å². The number of nitrogens with zero attached hydrogens (tertiary/aromatic N) is 2. The zero-order chi connectivity index (χ0) is 11.8. The standard InChI is InChI=1S/C11H11ClN2S3/c1-6-8(16-5-4-15-6)10-13-9(12)7-2-3-17-11(7)14-10/h2-3,6,8H,4-5H2,1H3. The van der Waals surface area contributed by atoms with Gasteiger partial charge in [0.05, 0.1) is 5.25 Å². The third kappa shape index (κ3) is 2.30. The van der Waals surface area contributed by atoms with Crippen molar-refractivity contribution in [1.82, 2.24) is 9.97 Å². The monoisotopic (exact) mass is 302 g/mol. The first-order chi connectivity index (χ1) is 8.25. The fourth-order valence-electron chi connectivity index (χ4n) is 1.88. The van der Waals surface area contributed by atoms with Crippen LogP contribution < -0.4 is 0 Å². The molecule has 1 saturated heterocycles. The van der Waals surface area contributed by atoms with Crippen molar-refractivity contribution in [2.24, 2.45) is 0 Å². The largest absolute Gasteiger partial charge is 0.221 e. The Hall–Kier alpha value is 0.0300. The lowest BCUT2D eigenvalue weighted by molar-refractivity contribution is 0.834. The Morgan fingerprint density at radius 3 is 2.94 bits per heavy atom. The molecule has 0 bridgehead atoms. The highest BCUT2D eigenvalue weighted by Crippen LogP contribution is 2.42. The predicted octanol–water partition coefficient (Wildman–Crippen LogP) is 4.25. The lowest BCUT2D eigenvalue weighted by Crippen LogP contribution is -2.18. The van der Waals surface area contributed by atoms with Gasteiger partial charge in [0.2, 0.25) is 0 Å². The molecule has 0 spiro atoms. The van der Waals surface area contributed by atoms with Gasteiger partial charge in [-0.1, -0.05) is 18.5 Å². The summed E-state index contributed by atoms with van der Waals surface area (Å²) >= 11 is 11.8. The lowest BCUT2D eigenvalue weighted by Gasteiger charge is -2.26. The minimum atomic E-state index is 0.373. The molecule has 6 heteroatoms. The van der Waals surface area contributed by atoms with Gasteiger partial charge < -0.3 is 0 Å². The van der Waals surface area contributed by atoms with E-state index in [2.05, 4.69) is 16.9 Å². The summed E-state index contributed by atoms with van der Waals surface area (Å²) in [6, 6.07) is 1.98. The first-order valence-corrected chi connectivity index (χ1v) is 8.75. The average molecular weight is 303 g/mol. The molecule has 3 heterocycles. The summed E-state index contributed by atoms with van der Waals surface area (Å²) in [5, 5.41) is 4.51. The third-order valence-electron chi connectivity index (χ3n) is 2.74. The van der Waals surface area contributed by atoms with Gasteiger partial charge in [0.15, 0.2) is 0 Å². The Bertz CT molecular complexity index is 542. The first kappa shape index (κ1) is 12.1. The van der Waals surface area contributed by atoms with Gasteiger partial charge in [0.1, 0.15) is 15.8 Å². The second kappa shape index (κ2) is 4.96. The molecule has 2 aromatic heterocycles.